The van der Waals surface area contributed by atoms with Gasteiger partial charge >= 0.3 is 6.09 Å². The van der Waals surface area contributed by atoms with Crippen LogP contribution in [-0.2, 0) is 37.0 Å². The standard InChI is InChI=1S/C40H43N3O7/c1-26-35(23-42(3)27(2)30-12-8-5-9-13-30)49-39(50-37(26)31-16-14-28(24-44)15-17-31)32-18-20-33(21-19-32)43-36(45)22-34(38(43)46)41-40(47)48-25-29-10-6-4-7-11-29/h4-21,26-27,34-35,37,39,44H,22-25H2,1-3H3,(H,41,47). The van der Waals surface area contributed by atoms with Crippen LogP contribution in [-0.4, -0.2) is 53.7 Å². The van der Waals surface area contributed by atoms with Crippen molar-refractivity contribution in [1.29, 1.82) is 0 Å². The number of ether oxygens (including phenoxy) is 3. The second kappa shape index (κ2) is 15.8. The third-order valence-electron chi connectivity index (χ3n) is 9.61. The Morgan fingerprint density at radius 1 is 0.900 bits per heavy atom. The molecule has 4 aromatic rings. The van der Waals surface area contributed by atoms with Gasteiger partial charge in [0.15, 0.2) is 6.29 Å². The summed E-state index contributed by atoms with van der Waals surface area (Å²) in [5.41, 5.74) is 4.95. The van der Waals surface area contributed by atoms with Crippen molar-refractivity contribution >= 4 is 23.6 Å². The molecule has 2 fully saturated rings. The summed E-state index contributed by atoms with van der Waals surface area (Å²) in [6, 6.07) is 33.4. The Balaban J connectivity index is 1.16. The van der Waals surface area contributed by atoms with E-state index in [4.69, 9.17) is 14.2 Å². The average Bonchev–Trinajstić information content (AvgIpc) is 3.43. The zero-order valence-corrected chi connectivity index (χ0v) is 28.5. The smallest absolute Gasteiger partial charge is 0.408 e. The van der Waals surface area contributed by atoms with Crippen LogP contribution in [0.4, 0.5) is 10.5 Å². The number of carbonyl (C=O) groups excluding carboxylic acids is 3. The van der Waals surface area contributed by atoms with E-state index in [-0.39, 0.29) is 43.8 Å². The predicted molar refractivity (Wildman–Crippen MR) is 188 cm³/mol. The van der Waals surface area contributed by atoms with E-state index in [0.717, 1.165) is 27.2 Å². The van der Waals surface area contributed by atoms with Crippen LogP contribution in [0.15, 0.2) is 109 Å². The summed E-state index contributed by atoms with van der Waals surface area (Å²) in [5.74, 6) is -0.947. The molecule has 6 rings (SSSR count). The number of amides is 3. The van der Waals surface area contributed by atoms with E-state index in [1.807, 2.05) is 72.8 Å². The van der Waals surface area contributed by atoms with Gasteiger partial charge in [-0.05, 0) is 48.4 Å². The highest BCUT2D eigenvalue weighted by Crippen LogP contribution is 2.42. The highest BCUT2D eigenvalue weighted by molar-refractivity contribution is 6.22. The van der Waals surface area contributed by atoms with Crippen LogP contribution in [0.5, 0.6) is 0 Å². The van der Waals surface area contributed by atoms with Gasteiger partial charge in [-0.2, -0.15) is 0 Å². The summed E-state index contributed by atoms with van der Waals surface area (Å²) < 4.78 is 18.5. The summed E-state index contributed by atoms with van der Waals surface area (Å²) in [7, 11) is 2.09. The van der Waals surface area contributed by atoms with Crippen molar-refractivity contribution in [2.24, 2.45) is 5.92 Å². The number of alkyl carbamates (subject to hydrolysis) is 1. The van der Waals surface area contributed by atoms with Crippen molar-refractivity contribution < 1.29 is 33.7 Å². The average molecular weight is 678 g/mol. The number of hydrogen-bond donors (Lipinski definition) is 2. The maximum absolute atomic E-state index is 13.3. The van der Waals surface area contributed by atoms with Crippen LogP contribution in [0.25, 0.3) is 0 Å². The topological polar surface area (TPSA) is 118 Å². The lowest BCUT2D eigenvalue weighted by molar-refractivity contribution is -0.276. The van der Waals surface area contributed by atoms with Gasteiger partial charge < -0.3 is 24.6 Å². The van der Waals surface area contributed by atoms with Gasteiger partial charge in [0.1, 0.15) is 12.6 Å². The van der Waals surface area contributed by atoms with Gasteiger partial charge in [0.2, 0.25) is 5.91 Å². The Kier molecular flexibility index (Phi) is 11.0. The lowest BCUT2D eigenvalue weighted by atomic mass is 9.89. The van der Waals surface area contributed by atoms with E-state index in [9.17, 15) is 19.5 Å². The van der Waals surface area contributed by atoms with E-state index in [2.05, 4.69) is 43.2 Å². The Bertz CT molecular complexity index is 1750. The fourth-order valence-corrected chi connectivity index (χ4v) is 6.46. The first-order valence-corrected chi connectivity index (χ1v) is 16.9. The maximum Gasteiger partial charge on any atom is 0.408 e. The van der Waals surface area contributed by atoms with E-state index in [1.165, 1.54) is 5.56 Å². The summed E-state index contributed by atoms with van der Waals surface area (Å²) in [6.45, 7) is 4.97. The molecule has 260 valence electrons. The van der Waals surface area contributed by atoms with Crippen LogP contribution >= 0.6 is 0 Å². The SMILES string of the molecule is CC1C(CN(C)C(C)c2ccccc2)OC(c2ccc(N3C(=O)CC(NC(=O)OCc4ccccc4)C3=O)cc2)OC1c1ccc(CO)cc1. The number of carbonyl (C=O) groups is 3. The second-order valence-electron chi connectivity index (χ2n) is 13.0. The molecule has 2 saturated heterocycles. The number of anilines is 1. The number of rotatable bonds is 11. The Labute approximate surface area is 292 Å². The van der Waals surface area contributed by atoms with Gasteiger partial charge in [-0.3, -0.25) is 14.5 Å². The quantitative estimate of drug-likeness (QED) is 0.180. The van der Waals surface area contributed by atoms with E-state index in [1.54, 1.807) is 24.3 Å². The lowest BCUT2D eigenvalue weighted by Gasteiger charge is -2.43. The fraction of sp³-hybridized carbons (Fsp3) is 0.325. The largest absolute Gasteiger partial charge is 0.445 e. The van der Waals surface area contributed by atoms with Crippen molar-refractivity contribution in [2.45, 2.75) is 64.1 Å². The van der Waals surface area contributed by atoms with E-state index >= 15 is 0 Å². The third-order valence-corrected chi connectivity index (χ3v) is 9.61. The zero-order chi connectivity index (χ0) is 35.2. The minimum absolute atomic E-state index is 0.000387. The Morgan fingerprint density at radius 3 is 2.20 bits per heavy atom. The number of nitrogens with one attached hydrogen (secondary N) is 1. The van der Waals surface area contributed by atoms with Gasteiger partial charge in [-0.1, -0.05) is 104 Å². The Hall–Kier alpha value is -4.87. The zero-order valence-electron chi connectivity index (χ0n) is 28.5. The predicted octanol–water partition coefficient (Wildman–Crippen LogP) is 6.22. The molecule has 2 N–H and O–H groups in total. The molecule has 0 saturated carbocycles. The summed E-state index contributed by atoms with van der Waals surface area (Å²) in [5, 5.41) is 12.1. The number of likely N-dealkylation sites (N-methyl/N-ethyl adjacent to an activating group) is 1. The highest BCUT2D eigenvalue weighted by Gasteiger charge is 2.42. The monoisotopic (exact) mass is 677 g/mol. The van der Waals surface area contributed by atoms with Crippen LogP contribution in [0.2, 0.25) is 0 Å². The van der Waals surface area contributed by atoms with E-state index < -0.39 is 30.2 Å². The fourth-order valence-electron chi connectivity index (χ4n) is 6.46. The van der Waals surface area contributed by atoms with Crippen molar-refractivity contribution in [1.82, 2.24) is 10.2 Å². The van der Waals surface area contributed by atoms with Crippen LogP contribution in [0.1, 0.15) is 66.5 Å². The maximum atomic E-state index is 13.3. The van der Waals surface area contributed by atoms with Gasteiger partial charge in [0, 0.05) is 24.1 Å². The van der Waals surface area contributed by atoms with Crippen molar-refractivity contribution in [2.75, 3.05) is 18.5 Å². The molecular formula is C40H43N3O7. The first-order chi connectivity index (χ1) is 24.2. The first-order valence-electron chi connectivity index (χ1n) is 16.9. The van der Waals surface area contributed by atoms with Gasteiger partial charge in [-0.25, -0.2) is 9.69 Å². The first kappa shape index (κ1) is 35.0. The van der Waals surface area contributed by atoms with Crippen LogP contribution in [0, 0.1) is 5.92 Å². The number of aliphatic hydroxyl groups excluding tert-OH is 1. The number of hydrogen-bond acceptors (Lipinski definition) is 8. The van der Waals surface area contributed by atoms with Crippen molar-refractivity contribution in [3.05, 3.63) is 137 Å². The van der Waals surface area contributed by atoms with Gasteiger partial charge in [0.05, 0.1) is 30.9 Å². The minimum atomic E-state index is -1.02. The Morgan fingerprint density at radius 2 is 1.54 bits per heavy atom. The summed E-state index contributed by atoms with van der Waals surface area (Å²) >= 11 is 0. The molecule has 4 aromatic carbocycles. The molecule has 0 radical (unpaired) electrons. The molecule has 50 heavy (non-hydrogen) atoms. The van der Waals surface area contributed by atoms with Crippen molar-refractivity contribution in [3.63, 3.8) is 0 Å². The molecule has 0 bridgehead atoms. The van der Waals surface area contributed by atoms with Crippen LogP contribution < -0.4 is 10.2 Å². The molecule has 10 heteroatoms. The molecule has 6 atom stereocenters. The third kappa shape index (κ3) is 7.95. The van der Waals surface area contributed by atoms with Crippen molar-refractivity contribution in [3.8, 4) is 0 Å². The number of aliphatic hydroxyl groups is 1. The molecule has 0 spiro atoms. The second-order valence-corrected chi connectivity index (χ2v) is 13.0. The number of nitrogens with zero attached hydrogens (tertiary/aromatic N) is 2. The van der Waals surface area contributed by atoms with Gasteiger partial charge in [-0.15, -0.1) is 0 Å². The minimum Gasteiger partial charge on any atom is -0.445 e. The van der Waals surface area contributed by atoms with Crippen LogP contribution in [0.3, 0.4) is 0 Å². The molecular weight excluding hydrogens is 634 g/mol. The number of imide groups is 1. The molecule has 0 aromatic heterocycles. The summed E-state index contributed by atoms with van der Waals surface area (Å²) in [6.07, 6.45) is -2.13. The highest BCUT2D eigenvalue weighted by atomic mass is 16.7. The molecule has 3 amide bonds. The molecule has 6 unspecified atom stereocenters. The number of benzene rings is 4. The molecule has 0 aliphatic carbocycles. The molecule has 10 nitrogen and oxygen atoms in total. The normalized spacial score (nSPS) is 22.8. The lowest BCUT2D eigenvalue weighted by Crippen LogP contribution is -2.44. The molecule has 2 aliphatic heterocycles. The van der Waals surface area contributed by atoms with Gasteiger partial charge in [0.25, 0.3) is 5.91 Å². The molecule has 2 heterocycles. The van der Waals surface area contributed by atoms with E-state index in [0.29, 0.717) is 12.2 Å². The summed E-state index contributed by atoms with van der Waals surface area (Å²) in [4.78, 5) is 42.0. The molecule has 2 aliphatic rings.